The summed E-state index contributed by atoms with van der Waals surface area (Å²) in [6, 6.07) is 7.90. The van der Waals surface area contributed by atoms with Gasteiger partial charge in [-0.05, 0) is 73.4 Å². The number of alkyl halides is 4. The first-order valence-electron chi connectivity index (χ1n) is 16.4. The van der Waals surface area contributed by atoms with Gasteiger partial charge in [-0.3, -0.25) is 23.9 Å². The van der Waals surface area contributed by atoms with Crippen LogP contribution in [0, 0.1) is 18.6 Å². The molecule has 0 radical (unpaired) electrons. The standard InChI is InChI=1S/C37H32ClF6N3O5/c1-3-51-32(49)15-29-25-11-21(12-27(38)34(25)41)33-19(2)5-4-6-30(33)52-23-7-8-28(40)24(13-23)35(36(50)45-29)47-16-20(9-10-46-17-22(39)18-46)26(14-31(47)48)37(42,43)44/h4-8,11-14,16,22,29,35H,3,9-10,15,17-18H2,1-2H3,(H,45,50)/t29-,35-/m0/s1. The Morgan fingerprint density at radius 3 is 2.50 bits per heavy atom. The van der Waals surface area contributed by atoms with Crippen LogP contribution < -0.4 is 15.6 Å². The Hall–Kier alpha value is -4.82. The Bertz CT molecular complexity index is 2100. The molecule has 8 nitrogen and oxygen atoms in total. The highest BCUT2D eigenvalue weighted by molar-refractivity contribution is 6.31. The van der Waals surface area contributed by atoms with Crippen molar-refractivity contribution in [2.24, 2.45) is 0 Å². The molecule has 52 heavy (non-hydrogen) atoms. The maximum atomic E-state index is 15.9. The number of likely N-dealkylation sites (tertiary alicyclic amines) is 1. The number of nitrogens with one attached hydrogen (secondary N) is 1. The number of hydrogen-bond donors (Lipinski definition) is 1. The molecule has 2 aliphatic heterocycles. The van der Waals surface area contributed by atoms with Gasteiger partial charge in [-0.2, -0.15) is 13.2 Å². The van der Waals surface area contributed by atoms with E-state index >= 15 is 8.78 Å². The lowest BCUT2D eigenvalue weighted by atomic mass is 9.94. The average molecular weight is 748 g/mol. The van der Waals surface area contributed by atoms with Gasteiger partial charge in [-0.15, -0.1) is 0 Å². The highest BCUT2D eigenvalue weighted by atomic mass is 35.5. The minimum absolute atomic E-state index is 0.00412. The van der Waals surface area contributed by atoms with Crippen LogP contribution in [0.4, 0.5) is 26.3 Å². The number of fused-ring (bicyclic) bond motifs is 6. The molecule has 6 rings (SSSR count). The molecule has 4 bridgehead atoms. The molecule has 0 unspecified atom stereocenters. The summed E-state index contributed by atoms with van der Waals surface area (Å²) in [5.74, 6) is -3.82. The van der Waals surface area contributed by atoms with Crippen LogP contribution in [0.15, 0.2) is 65.6 Å². The monoisotopic (exact) mass is 747 g/mol. The Labute approximate surface area is 298 Å². The number of amides is 1. The molecule has 0 aliphatic carbocycles. The van der Waals surface area contributed by atoms with Crippen molar-refractivity contribution in [3.8, 4) is 22.6 Å². The molecule has 1 amide bonds. The number of aromatic nitrogens is 1. The predicted molar refractivity (Wildman–Crippen MR) is 179 cm³/mol. The number of carbonyl (C=O) groups is 2. The second kappa shape index (κ2) is 14.7. The second-order valence-corrected chi connectivity index (χ2v) is 13.0. The predicted octanol–water partition coefficient (Wildman–Crippen LogP) is 7.48. The fraction of sp³-hybridized carbons (Fsp3) is 0.324. The normalized spacial score (nSPS) is 17.8. The largest absolute Gasteiger partial charge is 0.466 e. The van der Waals surface area contributed by atoms with Crippen molar-refractivity contribution in [2.45, 2.75) is 51.1 Å². The second-order valence-electron chi connectivity index (χ2n) is 12.6. The zero-order valence-electron chi connectivity index (χ0n) is 27.8. The van der Waals surface area contributed by atoms with Crippen molar-refractivity contribution in [1.29, 1.82) is 0 Å². The highest BCUT2D eigenvalue weighted by Gasteiger charge is 2.38. The lowest BCUT2D eigenvalue weighted by Crippen LogP contribution is -2.49. The van der Waals surface area contributed by atoms with Crippen molar-refractivity contribution < 1.29 is 45.4 Å². The van der Waals surface area contributed by atoms with E-state index in [4.69, 9.17) is 21.1 Å². The van der Waals surface area contributed by atoms with Crippen molar-refractivity contribution in [1.82, 2.24) is 14.8 Å². The van der Waals surface area contributed by atoms with E-state index in [2.05, 4.69) is 5.32 Å². The molecule has 1 N–H and O–H groups in total. The number of benzene rings is 3. The van der Waals surface area contributed by atoms with E-state index < -0.39 is 76.6 Å². The fourth-order valence-electron chi connectivity index (χ4n) is 6.54. The van der Waals surface area contributed by atoms with Gasteiger partial charge in [0.05, 0.1) is 29.7 Å². The lowest BCUT2D eigenvalue weighted by Gasteiger charge is -2.34. The minimum atomic E-state index is -4.98. The summed E-state index contributed by atoms with van der Waals surface area (Å²) < 4.78 is 99.9. The summed E-state index contributed by atoms with van der Waals surface area (Å²) in [7, 11) is 0. The molecule has 3 aromatic carbocycles. The van der Waals surface area contributed by atoms with Gasteiger partial charge in [0, 0.05) is 48.6 Å². The Morgan fingerprint density at radius 1 is 1.06 bits per heavy atom. The fourth-order valence-corrected chi connectivity index (χ4v) is 6.77. The van der Waals surface area contributed by atoms with Gasteiger partial charge in [0.25, 0.3) is 5.56 Å². The van der Waals surface area contributed by atoms with Crippen molar-refractivity contribution in [2.75, 3.05) is 26.2 Å². The number of carbonyl (C=O) groups excluding carboxylic acids is 2. The third kappa shape index (κ3) is 7.54. The number of ether oxygens (including phenoxy) is 2. The first-order chi connectivity index (χ1) is 24.6. The molecule has 1 aromatic heterocycles. The smallest absolute Gasteiger partial charge is 0.416 e. The minimum Gasteiger partial charge on any atom is -0.466 e. The summed E-state index contributed by atoms with van der Waals surface area (Å²) >= 11 is 6.39. The molecular formula is C37H32ClF6N3O5. The molecule has 2 atom stereocenters. The number of halogens is 7. The molecule has 1 saturated heterocycles. The SMILES string of the molecule is CCOC(=O)C[C@@H]1NC(=O)[C@@H](n2cc(CCN3CC(F)C3)c(C(F)(F)F)cc2=O)c2cc(ccc2F)Oc2cccc(C)c2-c2cc(Cl)c(F)c1c2. The van der Waals surface area contributed by atoms with Crippen molar-refractivity contribution >= 4 is 23.5 Å². The van der Waals surface area contributed by atoms with Crippen LogP contribution in [-0.2, 0) is 26.9 Å². The van der Waals surface area contributed by atoms with Gasteiger partial charge in [0.15, 0.2) is 0 Å². The number of rotatable bonds is 7. The summed E-state index contributed by atoms with van der Waals surface area (Å²) in [4.78, 5) is 42.4. The first kappa shape index (κ1) is 37.0. The summed E-state index contributed by atoms with van der Waals surface area (Å²) in [6.07, 6.45) is -6.20. The van der Waals surface area contributed by atoms with E-state index in [0.717, 1.165) is 18.3 Å². The zero-order chi connectivity index (χ0) is 37.5. The van der Waals surface area contributed by atoms with E-state index in [0.29, 0.717) is 27.3 Å². The van der Waals surface area contributed by atoms with E-state index in [1.807, 2.05) is 0 Å². The number of nitrogens with zero attached hydrogens (tertiary/aromatic N) is 2. The molecule has 0 saturated carbocycles. The van der Waals surface area contributed by atoms with E-state index in [1.54, 1.807) is 30.0 Å². The van der Waals surface area contributed by atoms with Crippen molar-refractivity contribution in [3.63, 3.8) is 0 Å². The Balaban J connectivity index is 1.58. The van der Waals surface area contributed by atoms with E-state index in [1.165, 1.54) is 25.1 Å². The number of esters is 1. The molecule has 1 fully saturated rings. The van der Waals surface area contributed by atoms with Gasteiger partial charge < -0.3 is 14.8 Å². The first-order valence-corrected chi connectivity index (χ1v) is 16.7. The summed E-state index contributed by atoms with van der Waals surface area (Å²) in [6.45, 7) is 3.30. The maximum Gasteiger partial charge on any atom is 0.416 e. The Kier molecular flexibility index (Phi) is 10.4. The third-order valence-electron chi connectivity index (χ3n) is 9.04. The number of hydrogen-bond acceptors (Lipinski definition) is 6. The van der Waals surface area contributed by atoms with Crippen molar-refractivity contribution in [3.05, 3.63) is 116 Å². The van der Waals surface area contributed by atoms with Crippen LogP contribution in [0.1, 0.15) is 53.2 Å². The molecule has 0 spiro atoms. The summed E-state index contributed by atoms with van der Waals surface area (Å²) in [5.41, 5.74) is -2.25. The lowest BCUT2D eigenvalue weighted by molar-refractivity contribution is -0.144. The van der Waals surface area contributed by atoms with Crippen LogP contribution in [0.3, 0.4) is 0 Å². The topological polar surface area (TPSA) is 89.9 Å². The maximum absolute atomic E-state index is 15.9. The summed E-state index contributed by atoms with van der Waals surface area (Å²) in [5, 5.41) is 2.16. The van der Waals surface area contributed by atoms with Gasteiger partial charge >= 0.3 is 12.1 Å². The van der Waals surface area contributed by atoms with Crippen LogP contribution in [0.2, 0.25) is 5.02 Å². The molecular weight excluding hydrogens is 716 g/mol. The number of pyridine rings is 1. The molecule has 3 heterocycles. The molecule has 4 aromatic rings. The van der Waals surface area contributed by atoms with E-state index in [-0.39, 0.29) is 54.7 Å². The van der Waals surface area contributed by atoms with Gasteiger partial charge in [0.1, 0.15) is 35.3 Å². The Morgan fingerprint density at radius 2 is 1.81 bits per heavy atom. The van der Waals surface area contributed by atoms with Gasteiger partial charge in [0.2, 0.25) is 5.91 Å². The molecule has 15 heteroatoms. The van der Waals surface area contributed by atoms with Gasteiger partial charge in [-0.1, -0.05) is 23.7 Å². The average Bonchev–Trinajstić information content (AvgIpc) is 3.06. The molecule has 274 valence electrons. The zero-order valence-corrected chi connectivity index (χ0v) is 28.6. The highest BCUT2D eigenvalue weighted by Crippen LogP contribution is 2.41. The van der Waals surface area contributed by atoms with Crippen LogP contribution >= 0.6 is 11.6 Å². The van der Waals surface area contributed by atoms with Crippen LogP contribution in [0.25, 0.3) is 11.1 Å². The molecule has 2 aliphatic rings. The third-order valence-corrected chi connectivity index (χ3v) is 9.32. The van der Waals surface area contributed by atoms with Crippen LogP contribution in [0.5, 0.6) is 11.5 Å². The van der Waals surface area contributed by atoms with Crippen LogP contribution in [-0.4, -0.2) is 53.8 Å². The van der Waals surface area contributed by atoms with Gasteiger partial charge in [-0.25, -0.2) is 13.2 Å². The quantitative estimate of drug-likeness (QED) is 0.156. The number of aryl methyl sites for hydroxylation is 1. The van der Waals surface area contributed by atoms with E-state index in [9.17, 15) is 31.9 Å².